The zero-order valence-corrected chi connectivity index (χ0v) is 8.12. The number of nitrogens with one attached hydrogen (secondary N) is 2. The Labute approximate surface area is 72.2 Å². The molecule has 2 N–H and O–H groups in total. The van der Waals surface area contributed by atoms with Crippen LogP contribution in [0, 0.1) is 0 Å². The monoisotopic (exact) mass is 164 g/mol. The van der Waals surface area contributed by atoms with Gasteiger partial charge in [-0.25, -0.2) is 0 Å². The first-order chi connectivity index (χ1) is 5.29. The highest BCUT2D eigenvalue weighted by atomic mass is 27.2. The van der Waals surface area contributed by atoms with E-state index in [2.05, 4.69) is 21.4 Å². The van der Waals surface area contributed by atoms with E-state index in [1.807, 2.05) is 30.3 Å². The molecule has 0 saturated carbocycles. The van der Waals surface area contributed by atoms with Gasteiger partial charge < -0.3 is 9.84 Å². The molecule has 0 aliphatic rings. The standard InChI is InChI=1S/C6H7N2.2CH3.Al/c7-8-6-4-2-1-3-5-6;;;/h1-5,7-8H;2*1H3;/q-1;;;+1. The smallest absolute Gasteiger partial charge is 0.342 e. The lowest BCUT2D eigenvalue weighted by atomic mass is 10.3. The third-order valence-electron chi connectivity index (χ3n) is 1.28. The van der Waals surface area contributed by atoms with Gasteiger partial charge in [0.1, 0.15) is 0 Å². The normalized spacial score (nSPS) is 9.27. The first-order valence-corrected chi connectivity index (χ1v) is 6.74. The lowest BCUT2D eigenvalue weighted by Gasteiger charge is -2.07. The van der Waals surface area contributed by atoms with Crippen LogP contribution in [0.2, 0.25) is 11.6 Å². The van der Waals surface area contributed by atoms with E-state index in [1.54, 1.807) is 0 Å². The molecule has 1 rings (SSSR count). The summed E-state index contributed by atoms with van der Waals surface area (Å²) < 4.78 is 3.25. The van der Waals surface area contributed by atoms with Crippen molar-refractivity contribution < 1.29 is 0 Å². The minimum Gasteiger partial charge on any atom is -0.342 e. The van der Waals surface area contributed by atoms with Crippen LogP contribution in [0.5, 0.6) is 0 Å². The van der Waals surface area contributed by atoms with Gasteiger partial charge in [-0.1, -0.05) is 29.8 Å². The zero-order chi connectivity index (χ0) is 8.10. The van der Waals surface area contributed by atoms with Gasteiger partial charge in [0.15, 0.2) is 0 Å². The van der Waals surface area contributed by atoms with Crippen LogP contribution in [0.4, 0.5) is 5.69 Å². The van der Waals surface area contributed by atoms with E-state index in [0.29, 0.717) is 0 Å². The summed E-state index contributed by atoms with van der Waals surface area (Å²) in [6.45, 7) is 0. The molecule has 0 atom stereocenters. The maximum Gasteiger partial charge on any atom is 0.386 e. The fraction of sp³-hybridized carbons (Fsp3) is 0.250. The summed E-state index contributed by atoms with van der Waals surface area (Å²) in [7, 11) is 0. The first-order valence-electron chi connectivity index (χ1n) is 3.85. The van der Waals surface area contributed by atoms with Crippen LogP contribution < -0.4 is 9.84 Å². The second-order valence-corrected chi connectivity index (χ2v) is 5.39. The SMILES string of the molecule is [CH3][Al]([CH3])[NH]Nc1ccccc1. The Bertz CT molecular complexity index is 199. The lowest BCUT2D eigenvalue weighted by Crippen LogP contribution is -2.32. The molecule has 0 amide bonds. The zero-order valence-electron chi connectivity index (χ0n) is 6.96. The summed E-state index contributed by atoms with van der Waals surface area (Å²) in [6, 6.07) is 10.1. The maximum atomic E-state index is 3.25. The highest BCUT2D eigenvalue weighted by molar-refractivity contribution is 6.53. The Hall–Kier alpha value is -0.488. The molecule has 0 saturated heterocycles. The van der Waals surface area contributed by atoms with Crippen LogP contribution in [0.1, 0.15) is 0 Å². The average Bonchev–Trinajstić information content (AvgIpc) is 2.03. The minimum atomic E-state index is -0.701. The molecule has 2 nitrogen and oxygen atoms in total. The van der Waals surface area contributed by atoms with E-state index < -0.39 is 14.4 Å². The van der Waals surface area contributed by atoms with Gasteiger partial charge in [-0.15, -0.1) is 0 Å². The summed E-state index contributed by atoms with van der Waals surface area (Å²) in [5, 5.41) is 0. The van der Waals surface area contributed by atoms with Gasteiger partial charge >= 0.3 is 14.4 Å². The summed E-state index contributed by atoms with van der Waals surface area (Å²) >= 11 is -0.701. The molecule has 58 valence electrons. The first kappa shape index (κ1) is 8.61. The Balaban J connectivity index is 2.39. The summed E-state index contributed by atoms with van der Waals surface area (Å²) in [5.41, 5.74) is 4.29. The number of hydrazine groups is 1. The van der Waals surface area contributed by atoms with E-state index >= 15 is 0 Å². The van der Waals surface area contributed by atoms with E-state index in [0.717, 1.165) is 5.69 Å². The highest BCUT2D eigenvalue weighted by Gasteiger charge is 1.99. The van der Waals surface area contributed by atoms with Crippen molar-refractivity contribution in [2.45, 2.75) is 11.6 Å². The van der Waals surface area contributed by atoms with Crippen molar-refractivity contribution in [1.29, 1.82) is 0 Å². The molecule has 3 heteroatoms. The second kappa shape index (κ2) is 4.40. The maximum absolute atomic E-state index is 3.25. The molecule has 0 spiro atoms. The van der Waals surface area contributed by atoms with E-state index in [9.17, 15) is 0 Å². The Morgan fingerprint density at radius 3 is 2.27 bits per heavy atom. The van der Waals surface area contributed by atoms with E-state index in [4.69, 9.17) is 0 Å². The lowest BCUT2D eigenvalue weighted by molar-refractivity contribution is 1.15. The molecule has 1 aromatic carbocycles. The van der Waals surface area contributed by atoms with E-state index in [1.165, 1.54) is 0 Å². The molecular weight excluding hydrogens is 151 g/mol. The average molecular weight is 164 g/mol. The number of hydrogen-bond donors (Lipinski definition) is 2. The molecular formula is C8H13AlN2. The quantitative estimate of drug-likeness (QED) is 0.526. The van der Waals surface area contributed by atoms with Gasteiger partial charge in [-0.05, 0) is 12.1 Å². The fourth-order valence-electron chi connectivity index (χ4n) is 0.749. The van der Waals surface area contributed by atoms with Crippen LogP contribution in [0.15, 0.2) is 30.3 Å². The molecule has 1 aromatic rings. The molecule has 0 radical (unpaired) electrons. The number of hydrogen-bond acceptors (Lipinski definition) is 2. The highest BCUT2D eigenvalue weighted by Crippen LogP contribution is 2.02. The second-order valence-electron chi connectivity index (χ2n) is 2.79. The molecule has 0 fully saturated rings. The van der Waals surface area contributed by atoms with Crippen molar-refractivity contribution in [3.63, 3.8) is 0 Å². The Morgan fingerprint density at radius 2 is 1.73 bits per heavy atom. The van der Waals surface area contributed by atoms with Crippen molar-refractivity contribution in [2.24, 2.45) is 0 Å². The van der Waals surface area contributed by atoms with Crippen LogP contribution in [-0.2, 0) is 0 Å². The van der Waals surface area contributed by atoms with Crippen LogP contribution in [0.25, 0.3) is 0 Å². The number of para-hydroxylation sites is 1. The fourth-order valence-corrected chi connectivity index (χ4v) is 1.20. The van der Waals surface area contributed by atoms with Crippen molar-refractivity contribution in [1.82, 2.24) is 4.41 Å². The van der Waals surface area contributed by atoms with Crippen molar-refractivity contribution >= 4 is 20.1 Å². The predicted octanol–water partition coefficient (Wildman–Crippen LogP) is 1.85. The molecule has 0 bridgehead atoms. The predicted molar refractivity (Wildman–Crippen MR) is 50.7 cm³/mol. The van der Waals surface area contributed by atoms with Gasteiger partial charge in [-0.2, -0.15) is 0 Å². The molecule has 0 unspecified atom stereocenters. The van der Waals surface area contributed by atoms with Gasteiger partial charge in [0.25, 0.3) is 0 Å². The van der Waals surface area contributed by atoms with Gasteiger partial charge in [0.2, 0.25) is 0 Å². The van der Waals surface area contributed by atoms with Crippen LogP contribution >= 0.6 is 0 Å². The van der Waals surface area contributed by atoms with Crippen LogP contribution in [-0.4, -0.2) is 14.4 Å². The number of anilines is 1. The van der Waals surface area contributed by atoms with Crippen molar-refractivity contribution in [3.8, 4) is 0 Å². The third kappa shape index (κ3) is 3.43. The Kier molecular flexibility index (Phi) is 3.45. The van der Waals surface area contributed by atoms with Crippen molar-refractivity contribution in [2.75, 3.05) is 5.43 Å². The van der Waals surface area contributed by atoms with Crippen molar-refractivity contribution in [3.05, 3.63) is 30.3 Å². The molecule has 0 aliphatic heterocycles. The van der Waals surface area contributed by atoms with Crippen LogP contribution in [0.3, 0.4) is 0 Å². The summed E-state index contributed by atoms with van der Waals surface area (Å²) in [6.07, 6.45) is 0. The molecule has 0 heterocycles. The van der Waals surface area contributed by atoms with Gasteiger partial charge in [0.05, 0.1) is 0 Å². The molecule has 0 aliphatic carbocycles. The summed E-state index contributed by atoms with van der Waals surface area (Å²) in [5.74, 6) is 4.46. The van der Waals surface area contributed by atoms with Gasteiger partial charge in [0, 0.05) is 5.69 Å². The topological polar surface area (TPSA) is 24.1 Å². The van der Waals surface area contributed by atoms with Gasteiger partial charge in [-0.3, -0.25) is 0 Å². The third-order valence-corrected chi connectivity index (χ3v) is 2.00. The number of rotatable bonds is 3. The largest absolute Gasteiger partial charge is 0.386 e. The number of benzene rings is 1. The molecule has 11 heavy (non-hydrogen) atoms. The minimum absolute atomic E-state index is 0.701. The molecule has 0 aromatic heterocycles. The Morgan fingerprint density at radius 1 is 1.09 bits per heavy atom. The summed E-state index contributed by atoms with van der Waals surface area (Å²) in [4.78, 5) is 0. The van der Waals surface area contributed by atoms with E-state index in [-0.39, 0.29) is 0 Å².